The first-order valence-electron chi connectivity index (χ1n) is 7.98. The van der Waals surface area contributed by atoms with Gasteiger partial charge >= 0.3 is 0 Å². The van der Waals surface area contributed by atoms with Crippen LogP contribution < -0.4 is 10.1 Å². The fraction of sp³-hybridized carbons (Fsp3) is 0.200. The molecule has 0 aliphatic heterocycles. The summed E-state index contributed by atoms with van der Waals surface area (Å²) in [5.41, 5.74) is 3.55. The molecule has 1 N–H and O–H groups in total. The van der Waals surface area contributed by atoms with Gasteiger partial charge in [-0.3, -0.25) is 4.79 Å². The van der Waals surface area contributed by atoms with Gasteiger partial charge in [-0.2, -0.15) is 5.26 Å². The van der Waals surface area contributed by atoms with Crippen LogP contribution in [0.4, 0.5) is 5.69 Å². The Bertz CT molecular complexity index is 894. The zero-order valence-corrected chi connectivity index (χ0v) is 18.4. The molecule has 0 saturated carbocycles. The van der Waals surface area contributed by atoms with E-state index in [2.05, 4.69) is 43.8 Å². The lowest BCUT2D eigenvalue weighted by Crippen LogP contribution is -2.14. The second-order valence-corrected chi connectivity index (χ2v) is 7.71. The molecule has 0 fully saturated rings. The molecule has 6 heteroatoms. The summed E-state index contributed by atoms with van der Waals surface area (Å²) in [5, 5.41) is 12.2. The minimum Gasteiger partial charge on any atom is -0.492 e. The Morgan fingerprint density at radius 3 is 2.65 bits per heavy atom. The van der Waals surface area contributed by atoms with Gasteiger partial charge in [0.05, 0.1) is 14.6 Å². The first-order chi connectivity index (χ1) is 12.3. The van der Waals surface area contributed by atoms with Crippen LogP contribution >= 0.6 is 38.5 Å². The lowest BCUT2D eigenvalue weighted by molar-refractivity contribution is -0.112. The van der Waals surface area contributed by atoms with Crippen LogP contribution in [0, 0.1) is 28.7 Å². The first kappa shape index (κ1) is 20.5. The van der Waals surface area contributed by atoms with Gasteiger partial charge in [0.2, 0.25) is 0 Å². The second-order valence-electron chi connectivity index (χ2n) is 5.69. The molecule has 0 atom stereocenters. The molecule has 0 aromatic heterocycles. The molecular formula is C20H18BrIN2O2. The smallest absolute Gasteiger partial charge is 0.266 e. The molecule has 1 amide bonds. The molecule has 4 nitrogen and oxygen atoms in total. The Balaban J connectivity index is 2.30. The van der Waals surface area contributed by atoms with Crippen molar-refractivity contribution >= 4 is 56.2 Å². The minimum absolute atomic E-state index is 0.0387. The standard InChI is InChI=1S/C20H18BrIN2O2/c1-4-26-19-16(21)9-14(10-17(19)22)8-15(11-23)20(25)24-18-6-5-12(2)7-13(18)3/h5-10H,4H2,1-3H3,(H,24,25)/b15-8+. The van der Waals surface area contributed by atoms with E-state index in [4.69, 9.17) is 4.74 Å². The van der Waals surface area contributed by atoms with Crippen molar-refractivity contribution in [2.24, 2.45) is 0 Å². The lowest BCUT2D eigenvalue weighted by Gasteiger charge is -2.10. The van der Waals surface area contributed by atoms with Crippen LogP contribution in [0.5, 0.6) is 5.75 Å². The average molecular weight is 525 g/mol. The number of amides is 1. The zero-order valence-electron chi connectivity index (χ0n) is 14.7. The maximum atomic E-state index is 12.5. The molecule has 2 aromatic carbocycles. The third-order valence-electron chi connectivity index (χ3n) is 3.62. The Kier molecular flexibility index (Phi) is 7.23. The summed E-state index contributed by atoms with van der Waals surface area (Å²) in [7, 11) is 0. The van der Waals surface area contributed by atoms with Crippen LogP contribution in [-0.4, -0.2) is 12.5 Å². The van der Waals surface area contributed by atoms with Gasteiger partial charge in [-0.05, 0) is 94.7 Å². The van der Waals surface area contributed by atoms with Crippen LogP contribution in [-0.2, 0) is 4.79 Å². The SMILES string of the molecule is CCOc1c(Br)cc(/C=C(\C#N)C(=O)Nc2ccc(C)cc2C)cc1I. The summed E-state index contributed by atoms with van der Waals surface area (Å²) in [6.07, 6.45) is 1.57. The summed E-state index contributed by atoms with van der Waals surface area (Å²) in [6, 6.07) is 11.4. The van der Waals surface area contributed by atoms with Crippen molar-refractivity contribution in [3.8, 4) is 11.8 Å². The molecule has 0 bridgehead atoms. The molecule has 0 heterocycles. The van der Waals surface area contributed by atoms with E-state index in [1.165, 1.54) is 0 Å². The summed E-state index contributed by atoms with van der Waals surface area (Å²) >= 11 is 5.64. The van der Waals surface area contributed by atoms with Crippen molar-refractivity contribution in [3.05, 3.63) is 60.6 Å². The summed E-state index contributed by atoms with van der Waals surface area (Å²) < 4.78 is 7.27. The van der Waals surface area contributed by atoms with Crippen LogP contribution in [0.3, 0.4) is 0 Å². The lowest BCUT2D eigenvalue weighted by atomic mass is 10.1. The van der Waals surface area contributed by atoms with Crippen molar-refractivity contribution < 1.29 is 9.53 Å². The number of ether oxygens (including phenoxy) is 1. The van der Waals surface area contributed by atoms with Crippen molar-refractivity contribution in [1.29, 1.82) is 5.26 Å². The van der Waals surface area contributed by atoms with Crippen molar-refractivity contribution in [1.82, 2.24) is 0 Å². The summed E-state index contributed by atoms with van der Waals surface area (Å²) in [5.74, 6) is 0.322. The number of hydrogen-bond acceptors (Lipinski definition) is 3. The van der Waals surface area contributed by atoms with Gasteiger partial charge in [0.15, 0.2) is 0 Å². The molecule has 0 aliphatic carbocycles. The summed E-state index contributed by atoms with van der Waals surface area (Å²) in [6.45, 7) is 6.39. The first-order valence-corrected chi connectivity index (χ1v) is 9.85. The van der Waals surface area contributed by atoms with Gasteiger partial charge < -0.3 is 10.1 Å². The maximum absolute atomic E-state index is 12.5. The molecular weight excluding hydrogens is 507 g/mol. The highest BCUT2D eigenvalue weighted by molar-refractivity contribution is 14.1. The highest BCUT2D eigenvalue weighted by Crippen LogP contribution is 2.32. The number of aryl methyl sites for hydroxylation is 2. The zero-order chi connectivity index (χ0) is 19.3. The van der Waals surface area contributed by atoms with Gasteiger partial charge in [0.25, 0.3) is 5.91 Å². The number of benzene rings is 2. The molecule has 26 heavy (non-hydrogen) atoms. The Hall–Kier alpha value is -1.85. The number of halogens is 2. The maximum Gasteiger partial charge on any atom is 0.266 e. The highest BCUT2D eigenvalue weighted by Gasteiger charge is 2.13. The predicted octanol–water partition coefficient (Wildman–Crippen LogP) is 5.61. The van der Waals surface area contributed by atoms with Gasteiger partial charge in [-0.25, -0.2) is 0 Å². The molecule has 0 radical (unpaired) electrons. The third-order valence-corrected chi connectivity index (χ3v) is 5.01. The van der Waals surface area contributed by atoms with Crippen molar-refractivity contribution in [3.63, 3.8) is 0 Å². The molecule has 0 aliphatic rings. The highest BCUT2D eigenvalue weighted by atomic mass is 127. The topological polar surface area (TPSA) is 62.1 Å². The van der Waals surface area contributed by atoms with Gasteiger partial charge in [0.1, 0.15) is 17.4 Å². The van der Waals surface area contributed by atoms with Crippen LogP contribution in [0.2, 0.25) is 0 Å². The largest absolute Gasteiger partial charge is 0.492 e. The van der Waals surface area contributed by atoms with Crippen molar-refractivity contribution in [2.45, 2.75) is 20.8 Å². The number of hydrogen-bond donors (Lipinski definition) is 1. The number of nitriles is 1. The van der Waals surface area contributed by atoms with E-state index in [9.17, 15) is 10.1 Å². The number of rotatable bonds is 5. The average Bonchev–Trinajstić information content (AvgIpc) is 2.58. The van der Waals surface area contributed by atoms with E-state index in [0.29, 0.717) is 12.3 Å². The van der Waals surface area contributed by atoms with E-state index in [-0.39, 0.29) is 5.57 Å². The number of nitrogens with zero attached hydrogens (tertiary/aromatic N) is 1. The number of nitrogens with one attached hydrogen (secondary N) is 1. The fourth-order valence-corrected chi connectivity index (χ4v) is 4.17. The Morgan fingerprint density at radius 1 is 1.35 bits per heavy atom. The third kappa shape index (κ3) is 5.08. The van der Waals surface area contributed by atoms with E-state index in [1.807, 2.05) is 57.2 Å². The van der Waals surface area contributed by atoms with Gasteiger partial charge in [0, 0.05) is 5.69 Å². The van der Waals surface area contributed by atoms with E-state index >= 15 is 0 Å². The predicted molar refractivity (Wildman–Crippen MR) is 116 cm³/mol. The Morgan fingerprint density at radius 2 is 2.08 bits per heavy atom. The monoisotopic (exact) mass is 524 g/mol. The van der Waals surface area contributed by atoms with E-state index in [0.717, 1.165) is 30.5 Å². The fourth-order valence-electron chi connectivity index (χ4n) is 2.40. The Labute approximate surface area is 175 Å². The van der Waals surface area contributed by atoms with Gasteiger partial charge in [-0.15, -0.1) is 0 Å². The molecule has 0 spiro atoms. The van der Waals surface area contributed by atoms with Crippen LogP contribution in [0.15, 0.2) is 40.4 Å². The van der Waals surface area contributed by atoms with Crippen LogP contribution in [0.1, 0.15) is 23.6 Å². The minimum atomic E-state index is -0.431. The van der Waals surface area contributed by atoms with E-state index < -0.39 is 5.91 Å². The van der Waals surface area contributed by atoms with Crippen molar-refractivity contribution in [2.75, 3.05) is 11.9 Å². The number of carbonyl (C=O) groups is 1. The number of carbonyl (C=O) groups excluding carboxylic acids is 1. The normalized spacial score (nSPS) is 11.0. The van der Waals surface area contributed by atoms with E-state index in [1.54, 1.807) is 6.08 Å². The molecule has 134 valence electrons. The van der Waals surface area contributed by atoms with Crippen LogP contribution in [0.25, 0.3) is 6.08 Å². The molecule has 2 rings (SSSR count). The second kappa shape index (κ2) is 9.19. The molecule has 2 aromatic rings. The quantitative estimate of drug-likeness (QED) is 0.314. The van der Waals surface area contributed by atoms with Gasteiger partial charge in [-0.1, -0.05) is 17.7 Å². The number of anilines is 1. The molecule has 0 saturated heterocycles. The molecule has 0 unspecified atom stereocenters. The summed E-state index contributed by atoms with van der Waals surface area (Å²) in [4.78, 5) is 12.5.